The van der Waals surface area contributed by atoms with Gasteiger partial charge in [0.15, 0.2) is 0 Å². The van der Waals surface area contributed by atoms with E-state index in [1.165, 1.54) is 18.2 Å². The summed E-state index contributed by atoms with van der Waals surface area (Å²) in [6, 6.07) is 25.6. The van der Waals surface area contributed by atoms with Crippen LogP contribution >= 0.6 is 59.2 Å². The van der Waals surface area contributed by atoms with Crippen LogP contribution in [0.4, 0.5) is 11.4 Å². The summed E-state index contributed by atoms with van der Waals surface area (Å²) in [6.45, 7) is 0. The van der Waals surface area contributed by atoms with Gasteiger partial charge in [0.1, 0.15) is 11.5 Å². The molecule has 0 bridgehead atoms. The van der Waals surface area contributed by atoms with Crippen LogP contribution in [0.15, 0.2) is 91.0 Å². The van der Waals surface area contributed by atoms with Gasteiger partial charge in [-0.1, -0.05) is 71.2 Å². The monoisotopic (exact) mass is 648 g/mol. The van der Waals surface area contributed by atoms with Crippen molar-refractivity contribution in [2.75, 3.05) is 10.6 Å². The number of nitrogens with one attached hydrogen (secondary N) is 2. The zero-order valence-electron chi connectivity index (χ0n) is 20.9. The Hall–Kier alpha value is -2.90. The predicted molar refractivity (Wildman–Crippen MR) is 174 cm³/mol. The van der Waals surface area contributed by atoms with Crippen LogP contribution in [0.1, 0.15) is 0 Å². The van der Waals surface area contributed by atoms with E-state index in [2.05, 4.69) is 10.6 Å². The van der Waals surface area contributed by atoms with Crippen molar-refractivity contribution in [2.24, 2.45) is 0 Å². The molecule has 0 saturated heterocycles. The van der Waals surface area contributed by atoms with Gasteiger partial charge in [0.05, 0.1) is 10.7 Å². The molecule has 0 radical (unpaired) electrons. The van der Waals surface area contributed by atoms with Gasteiger partial charge in [0.25, 0.3) is 10.3 Å². The molecule has 4 aromatic rings. The van der Waals surface area contributed by atoms with E-state index in [1.54, 1.807) is 36.4 Å². The molecule has 0 aliphatic rings. The Morgan fingerprint density at radius 3 is 1.59 bits per heavy atom. The van der Waals surface area contributed by atoms with E-state index in [-0.39, 0.29) is 36.3 Å². The second-order valence-electron chi connectivity index (χ2n) is 7.99. The lowest BCUT2D eigenvalue weighted by molar-refractivity contribution is 0.424. The quantitative estimate of drug-likeness (QED) is 0.134. The number of hydrogen-bond acceptors (Lipinski definition) is 8. The number of benzene rings is 4. The van der Waals surface area contributed by atoms with Crippen LogP contribution < -0.4 is 31.0 Å². The number of halogens is 3. The van der Waals surface area contributed by atoms with E-state index >= 15 is 0 Å². The molecule has 0 aliphatic carbocycles. The summed E-state index contributed by atoms with van der Waals surface area (Å²) < 4.78 is 10.8. The van der Waals surface area contributed by atoms with Crippen molar-refractivity contribution in [3.63, 3.8) is 0 Å². The third kappa shape index (κ3) is 10.5. The zero-order valence-corrected chi connectivity index (χ0v) is 24.8. The highest BCUT2D eigenvalue weighted by Crippen LogP contribution is 2.25. The maximum absolute atomic E-state index is 9.23. The Morgan fingerprint density at radius 1 is 0.585 bits per heavy atom. The van der Waals surface area contributed by atoms with Gasteiger partial charge in [-0.3, -0.25) is 0 Å². The number of ether oxygens (including phenoxy) is 2. The molecule has 0 unspecified atom stereocenters. The minimum Gasteiger partial charge on any atom is -0.432 e. The van der Waals surface area contributed by atoms with Crippen molar-refractivity contribution < 1.29 is 29.6 Å². The molecule has 0 aromatic heterocycles. The predicted octanol–water partition coefficient (Wildman–Crippen LogP) is 4.24. The van der Waals surface area contributed by atoms with Crippen LogP contribution in [0, 0.1) is 0 Å². The van der Waals surface area contributed by atoms with Crippen LogP contribution in [-0.2, 0) is 0 Å². The normalized spacial score (nSPS) is 10.0. The standard InChI is InChI=1S/C13H10BCl2NO3S.C13H11BClNO3S/c15-10-7-11(16)12(6-9(10)14(18)19)17-13(21)20-8-4-2-1-3-5-8;15-12-7-6-9(8-11(12)14(17)18)16-13(20)19-10-4-2-1-3-5-10/h1-7,18-19H,(H,17,21);1-8,17-18H,(H,16,20). The summed E-state index contributed by atoms with van der Waals surface area (Å²) in [6.07, 6.45) is 0. The molecule has 4 rings (SSSR count). The summed E-state index contributed by atoms with van der Waals surface area (Å²) in [4.78, 5) is 0. The largest absolute Gasteiger partial charge is 0.490 e. The zero-order chi connectivity index (χ0) is 29.9. The molecule has 0 fully saturated rings. The van der Waals surface area contributed by atoms with Crippen LogP contribution in [0.2, 0.25) is 15.1 Å². The first kappa shape index (κ1) is 32.6. The average Bonchev–Trinajstić information content (AvgIpc) is 2.92. The second-order valence-corrected chi connectivity index (χ2v) is 9.96. The molecule has 0 heterocycles. The molecule has 0 saturated carbocycles. The molecule has 41 heavy (non-hydrogen) atoms. The van der Waals surface area contributed by atoms with Gasteiger partial charge in [0.2, 0.25) is 0 Å². The van der Waals surface area contributed by atoms with E-state index in [9.17, 15) is 20.1 Å². The third-order valence-electron chi connectivity index (χ3n) is 5.03. The topological polar surface area (TPSA) is 123 Å². The summed E-state index contributed by atoms with van der Waals surface area (Å²) in [5.74, 6) is 1.18. The van der Waals surface area contributed by atoms with Crippen molar-refractivity contribution in [1.29, 1.82) is 0 Å². The Kier molecular flexibility index (Phi) is 12.7. The highest BCUT2D eigenvalue weighted by atomic mass is 35.5. The number of para-hydroxylation sites is 2. The van der Waals surface area contributed by atoms with Crippen molar-refractivity contribution in [3.05, 3.63) is 106 Å². The molecule has 15 heteroatoms. The Bertz CT molecular complexity index is 1490. The summed E-state index contributed by atoms with van der Waals surface area (Å²) in [5, 5.41) is 43.3. The van der Waals surface area contributed by atoms with E-state index in [4.69, 9.17) is 68.7 Å². The molecular weight excluding hydrogens is 628 g/mol. The summed E-state index contributed by atoms with van der Waals surface area (Å²) in [5.41, 5.74) is 1.23. The first-order valence-electron chi connectivity index (χ1n) is 11.6. The minimum absolute atomic E-state index is 0.0730. The maximum Gasteiger partial charge on any atom is 0.490 e. The first-order valence-corrected chi connectivity index (χ1v) is 13.6. The number of hydrogen-bond donors (Lipinski definition) is 6. The lowest BCUT2D eigenvalue weighted by Crippen LogP contribution is -2.31. The summed E-state index contributed by atoms with van der Waals surface area (Å²) in [7, 11) is -3.35. The fourth-order valence-electron chi connectivity index (χ4n) is 3.15. The number of anilines is 2. The van der Waals surface area contributed by atoms with Gasteiger partial charge in [-0.2, -0.15) is 0 Å². The first-order chi connectivity index (χ1) is 19.5. The van der Waals surface area contributed by atoms with Crippen molar-refractivity contribution >= 4 is 106 Å². The summed E-state index contributed by atoms with van der Waals surface area (Å²) >= 11 is 27.9. The molecule has 8 nitrogen and oxygen atoms in total. The second kappa shape index (κ2) is 15.9. The molecule has 0 amide bonds. The Balaban J connectivity index is 0.000000226. The molecule has 210 valence electrons. The Morgan fingerprint density at radius 2 is 1.07 bits per heavy atom. The third-order valence-corrected chi connectivity index (χ3v) is 6.38. The molecule has 0 aliphatic heterocycles. The van der Waals surface area contributed by atoms with Gasteiger partial charge >= 0.3 is 14.2 Å². The van der Waals surface area contributed by atoms with Gasteiger partial charge in [-0.25, -0.2) is 0 Å². The maximum atomic E-state index is 9.23. The van der Waals surface area contributed by atoms with Crippen molar-refractivity contribution in [3.8, 4) is 11.5 Å². The van der Waals surface area contributed by atoms with Crippen LogP contribution in [0.5, 0.6) is 11.5 Å². The lowest BCUT2D eigenvalue weighted by atomic mass is 9.80. The fraction of sp³-hybridized carbons (Fsp3) is 0. The number of thiocarbonyl (C=S) groups is 2. The van der Waals surface area contributed by atoms with Crippen LogP contribution in [-0.4, -0.2) is 44.7 Å². The van der Waals surface area contributed by atoms with Gasteiger partial charge in [-0.15, -0.1) is 0 Å². The highest BCUT2D eigenvalue weighted by molar-refractivity contribution is 7.80. The van der Waals surface area contributed by atoms with E-state index in [0.717, 1.165) is 0 Å². The lowest BCUT2D eigenvalue weighted by Gasteiger charge is -2.13. The molecule has 0 spiro atoms. The molecule has 6 N–H and O–H groups in total. The number of rotatable bonds is 6. The van der Waals surface area contributed by atoms with E-state index in [1.807, 2.05) is 36.4 Å². The average molecular weight is 650 g/mol. The Labute approximate surface area is 262 Å². The van der Waals surface area contributed by atoms with Gasteiger partial charge in [0, 0.05) is 26.7 Å². The van der Waals surface area contributed by atoms with Gasteiger partial charge < -0.3 is 40.2 Å². The van der Waals surface area contributed by atoms with Crippen LogP contribution in [0.25, 0.3) is 0 Å². The highest BCUT2D eigenvalue weighted by Gasteiger charge is 2.19. The molecule has 0 atom stereocenters. The fourth-order valence-corrected chi connectivity index (χ4v) is 4.31. The smallest absolute Gasteiger partial charge is 0.432 e. The molecular formula is C26H21B2Cl3N2O6S2. The van der Waals surface area contributed by atoms with E-state index < -0.39 is 14.2 Å². The minimum atomic E-state index is -1.71. The SMILES string of the molecule is OB(O)c1cc(NC(=S)Oc2ccccc2)c(Cl)cc1Cl.OB(O)c1cc(NC(=S)Oc2ccccc2)ccc1Cl. The van der Waals surface area contributed by atoms with Gasteiger partial charge in [-0.05, 0) is 79.0 Å². The van der Waals surface area contributed by atoms with Crippen LogP contribution in [0.3, 0.4) is 0 Å². The van der Waals surface area contributed by atoms with E-state index in [0.29, 0.717) is 22.9 Å². The molecule has 4 aromatic carbocycles. The van der Waals surface area contributed by atoms with Crippen molar-refractivity contribution in [1.82, 2.24) is 0 Å². The van der Waals surface area contributed by atoms with Crippen molar-refractivity contribution in [2.45, 2.75) is 0 Å².